The van der Waals surface area contributed by atoms with Gasteiger partial charge in [0.1, 0.15) is 0 Å². The first-order chi connectivity index (χ1) is 17.0. The van der Waals surface area contributed by atoms with Crippen molar-refractivity contribution < 1.29 is 35.7 Å². The molecule has 0 unspecified atom stereocenters. The fourth-order valence-corrected chi connectivity index (χ4v) is 5.44. The predicted molar refractivity (Wildman–Crippen MR) is 189 cm³/mol. The molecule has 0 fully saturated rings. The highest BCUT2D eigenvalue weighted by Crippen LogP contribution is 2.19. The molecule has 0 aliphatic rings. The summed E-state index contributed by atoms with van der Waals surface area (Å²) in [4.78, 5) is 0. The van der Waals surface area contributed by atoms with Crippen molar-refractivity contribution in [2.24, 2.45) is 0 Å². The van der Waals surface area contributed by atoms with Crippen LogP contribution >= 0.6 is 105 Å². The van der Waals surface area contributed by atoms with Crippen molar-refractivity contribution in [3.05, 3.63) is 0 Å². The molecule has 0 amide bonds. The minimum atomic E-state index is 0. The highest BCUT2D eigenvalue weighted by Gasteiger charge is 1.87. The smallest absolute Gasteiger partial charge is 0.0530 e. The van der Waals surface area contributed by atoms with Crippen LogP contribution in [0, 0.1) is 0 Å². The molecule has 7 N–H and O–H groups in total. The van der Waals surface area contributed by atoms with Gasteiger partial charge >= 0.3 is 0 Å². The number of rotatable bonds is 17. The number of thioether (sulfide) groups is 3. The zero-order valence-corrected chi connectivity index (χ0v) is 29.9. The zero-order valence-electron chi connectivity index (χ0n) is 22.2. The molecule has 7 nitrogen and oxygen atoms in total. The molecule has 0 aromatic heterocycles. The summed E-state index contributed by atoms with van der Waals surface area (Å²) < 4.78 is 0. The fraction of sp³-hybridized carbons (Fsp3) is 1.00. The first-order valence-corrected chi connectivity index (χ1v) is 20.5. The highest BCUT2D eigenvalue weighted by molar-refractivity contribution is 8.77. The lowest BCUT2D eigenvalue weighted by molar-refractivity contribution is 0.322. The van der Waals surface area contributed by atoms with Crippen molar-refractivity contribution in [2.45, 2.75) is 20.3 Å². The van der Waals surface area contributed by atoms with Crippen molar-refractivity contribution in [2.75, 3.05) is 104 Å². The molecule has 16 heteroatoms. The summed E-state index contributed by atoms with van der Waals surface area (Å²) in [5.41, 5.74) is 0. The van der Waals surface area contributed by atoms with Gasteiger partial charge < -0.3 is 35.7 Å². The molecule has 0 rings (SSSR count). The first kappa shape index (κ1) is 54.9. The van der Waals surface area contributed by atoms with E-state index in [1.54, 1.807) is 78.5 Å². The van der Waals surface area contributed by atoms with E-state index in [4.69, 9.17) is 35.7 Å². The number of thiol groups is 1. The third-order valence-electron chi connectivity index (χ3n) is 1.60. The van der Waals surface area contributed by atoms with E-state index in [2.05, 4.69) is 26.5 Å². The quantitative estimate of drug-likeness (QED) is 0.0487. The van der Waals surface area contributed by atoms with Crippen LogP contribution in [0.1, 0.15) is 20.3 Å². The van der Waals surface area contributed by atoms with Crippen LogP contribution in [0.2, 0.25) is 0 Å². The van der Waals surface area contributed by atoms with Gasteiger partial charge in [0.15, 0.2) is 0 Å². The lowest BCUT2D eigenvalue weighted by atomic mass is 10.6. The normalized spacial score (nSPS) is 8.67. The molecule has 0 heterocycles. The Morgan fingerprint density at radius 3 is 0.833 bits per heavy atom. The molecule has 0 aromatic rings. The Kier molecular flexibility index (Phi) is 117. The molecule has 0 spiro atoms. The number of aliphatic hydroxyl groups excluding tert-OH is 7. The molecular formula is C20H54O7S9. The van der Waals surface area contributed by atoms with Gasteiger partial charge in [0.25, 0.3) is 0 Å². The van der Waals surface area contributed by atoms with E-state index in [9.17, 15) is 0 Å². The van der Waals surface area contributed by atoms with Gasteiger partial charge in [0, 0.05) is 45.4 Å². The van der Waals surface area contributed by atoms with Gasteiger partial charge in [0.2, 0.25) is 0 Å². The highest BCUT2D eigenvalue weighted by atomic mass is 33.1. The van der Waals surface area contributed by atoms with E-state index in [-0.39, 0.29) is 59.7 Å². The van der Waals surface area contributed by atoms with E-state index in [0.717, 1.165) is 39.6 Å². The van der Waals surface area contributed by atoms with Gasteiger partial charge in [-0.25, -0.2) is 0 Å². The fourth-order valence-electron chi connectivity index (χ4n) is 0.691. The largest absolute Gasteiger partial charge is 0.396 e. The number of hydrogen-bond donors (Lipinski definition) is 8. The molecule has 0 saturated carbocycles. The summed E-state index contributed by atoms with van der Waals surface area (Å²) in [5.74, 6) is 5.20. The van der Waals surface area contributed by atoms with Gasteiger partial charge in [-0.1, -0.05) is 63.4 Å². The maximum atomic E-state index is 8.34. The summed E-state index contributed by atoms with van der Waals surface area (Å²) in [6.07, 6.45) is 5.33. The molecule has 0 atom stereocenters. The molecule has 0 aliphatic carbocycles. The van der Waals surface area contributed by atoms with Crippen LogP contribution in [0.5, 0.6) is 0 Å². The van der Waals surface area contributed by atoms with Gasteiger partial charge in [-0.05, 0) is 12.5 Å². The van der Waals surface area contributed by atoms with Crippen LogP contribution in [0.15, 0.2) is 0 Å². The summed E-state index contributed by atoms with van der Waals surface area (Å²) in [5, 5.41) is 58.5. The molecule has 36 heavy (non-hydrogen) atoms. The maximum Gasteiger partial charge on any atom is 0.0530 e. The van der Waals surface area contributed by atoms with Gasteiger partial charge in [0.05, 0.1) is 46.2 Å². The van der Waals surface area contributed by atoms with E-state index in [0.29, 0.717) is 5.75 Å². The van der Waals surface area contributed by atoms with Crippen LogP contribution in [-0.2, 0) is 0 Å². The van der Waals surface area contributed by atoms with E-state index >= 15 is 0 Å². The van der Waals surface area contributed by atoms with Crippen LogP contribution in [0.25, 0.3) is 0 Å². The van der Waals surface area contributed by atoms with Crippen LogP contribution in [-0.4, -0.2) is 140 Å². The van der Waals surface area contributed by atoms with Crippen molar-refractivity contribution in [1.82, 2.24) is 0 Å². The second-order valence-corrected chi connectivity index (χ2v) is 14.4. The molecule has 0 saturated heterocycles. The Morgan fingerprint density at radius 2 is 0.694 bits per heavy atom. The lowest BCUT2D eigenvalue weighted by Crippen LogP contribution is -1.89. The Bertz CT molecular complexity index is 226. The van der Waals surface area contributed by atoms with Gasteiger partial charge in [-0.3, -0.25) is 0 Å². The van der Waals surface area contributed by atoms with Gasteiger partial charge in [-0.2, -0.15) is 37.9 Å². The van der Waals surface area contributed by atoms with Gasteiger partial charge in [-0.15, -0.1) is 23.5 Å². The van der Waals surface area contributed by atoms with Crippen molar-refractivity contribution in [3.63, 3.8) is 0 Å². The SMILES string of the molecule is CCC.CSC.OCCS.OCCSCSCCO.OCCSSCCO.OCCSSCCO.S. The third-order valence-corrected chi connectivity index (χ3v) is 8.81. The van der Waals surface area contributed by atoms with E-state index in [1.807, 2.05) is 12.5 Å². The molecular weight excluding hydrogens is 641 g/mol. The topological polar surface area (TPSA) is 142 Å². The average Bonchev–Trinajstić information content (AvgIpc) is 2.86. The van der Waals surface area contributed by atoms with Crippen molar-refractivity contribution >= 4 is 105 Å². The average molecular weight is 695 g/mol. The standard InChI is InChI=1S/C5H12O2S2.2C4H10O2S2.C3H8.C2H6OS.C2H6S.H2S/c6-1-3-8-5-9-4-2-7;2*5-1-3-7-8-4-2-6;1-3-2;3-1-2-4;1-3-2;/h6-7H,1-5H2;2*5-6H,1-4H2;3H2,1-2H3;3-4H,1-2H2;1-2H3;1H2. The minimum Gasteiger partial charge on any atom is -0.396 e. The van der Waals surface area contributed by atoms with Crippen LogP contribution in [0.4, 0.5) is 0 Å². The zero-order chi connectivity index (χ0) is 28.3. The molecule has 0 aliphatic heterocycles. The third kappa shape index (κ3) is 120. The predicted octanol–water partition coefficient (Wildman–Crippen LogP) is 3.52. The Hall–Kier alpha value is 2.87. The molecule has 0 aromatic carbocycles. The molecule has 0 bridgehead atoms. The number of hydrogen-bond acceptors (Lipinski definition) is 15. The number of aliphatic hydroxyl groups is 7. The summed E-state index contributed by atoms with van der Waals surface area (Å²) in [6, 6.07) is 0. The summed E-state index contributed by atoms with van der Waals surface area (Å²) in [7, 11) is 6.34. The summed E-state index contributed by atoms with van der Waals surface area (Å²) in [6.45, 7) is 5.84. The maximum absolute atomic E-state index is 8.34. The van der Waals surface area contributed by atoms with E-state index in [1.165, 1.54) is 6.42 Å². The summed E-state index contributed by atoms with van der Waals surface area (Å²) >= 11 is 8.81. The Morgan fingerprint density at radius 1 is 0.500 bits per heavy atom. The van der Waals surface area contributed by atoms with Crippen molar-refractivity contribution in [1.29, 1.82) is 0 Å². The lowest BCUT2D eigenvalue weighted by Gasteiger charge is -1.96. The monoisotopic (exact) mass is 694 g/mol. The Balaban J connectivity index is -0.0000000587. The molecule has 230 valence electrons. The molecule has 0 radical (unpaired) electrons. The van der Waals surface area contributed by atoms with Crippen molar-refractivity contribution in [3.8, 4) is 0 Å². The van der Waals surface area contributed by atoms with Crippen LogP contribution < -0.4 is 0 Å². The Labute approximate surface area is 262 Å². The second-order valence-electron chi connectivity index (χ2n) is 5.13. The van der Waals surface area contributed by atoms with Crippen LogP contribution in [0.3, 0.4) is 0 Å². The first-order valence-electron chi connectivity index (χ1n) is 10.9. The van der Waals surface area contributed by atoms with E-state index < -0.39 is 0 Å². The minimum absolute atomic E-state index is 0. The second kappa shape index (κ2) is 76.9.